The second-order valence-electron chi connectivity index (χ2n) is 6.88. The molecule has 1 aromatic rings. The number of hydrogen-bond acceptors (Lipinski definition) is 3. The summed E-state index contributed by atoms with van der Waals surface area (Å²) >= 11 is 0. The van der Waals surface area contributed by atoms with Gasteiger partial charge in [0.2, 0.25) is 0 Å². The van der Waals surface area contributed by atoms with Crippen LogP contribution in [0.4, 0.5) is 10.1 Å². The Kier molecular flexibility index (Phi) is 8.16. The lowest BCUT2D eigenvalue weighted by Crippen LogP contribution is -2.46. The van der Waals surface area contributed by atoms with Gasteiger partial charge in [0.05, 0.1) is 5.69 Å². The Morgan fingerprint density at radius 1 is 1.23 bits per heavy atom. The molecule has 1 aliphatic rings. The van der Waals surface area contributed by atoms with E-state index >= 15 is 0 Å². The second kappa shape index (κ2) is 10.4. The zero-order chi connectivity index (χ0) is 18.9. The quantitative estimate of drug-likeness (QED) is 0.597. The van der Waals surface area contributed by atoms with Gasteiger partial charge in [-0.3, -0.25) is 4.99 Å². The number of nitrogens with zero attached hydrogens (tertiary/aromatic N) is 4. The number of halogens is 1. The van der Waals surface area contributed by atoms with Crippen LogP contribution >= 0.6 is 0 Å². The second-order valence-corrected chi connectivity index (χ2v) is 6.88. The fourth-order valence-corrected chi connectivity index (χ4v) is 3.29. The highest BCUT2D eigenvalue weighted by Crippen LogP contribution is 2.22. The van der Waals surface area contributed by atoms with Crippen molar-refractivity contribution in [1.29, 1.82) is 0 Å². The van der Waals surface area contributed by atoms with Gasteiger partial charge in [-0.15, -0.1) is 0 Å². The number of rotatable bonds is 7. The van der Waals surface area contributed by atoms with Crippen LogP contribution in [0.1, 0.15) is 32.3 Å². The van der Waals surface area contributed by atoms with Crippen LogP contribution in [0.3, 0.4) is 0 Å². The van der Waals surface area contributed by atoms with E-state index in [-0.39, 0.29) is 5.82 Å². The maximum atomic E-state index is 14.6. The summed E-state index contributed by atoms with van der Waals surface area (Å²) in [6.45, 7) is 10.7. The average Bonchev–Trinajstić information content (AvgIpc) is 2.67. The van der Waals surface area contributed by atoms with Crippen molar-refractivity contribution in [3.63, 3.8) is 0 Å². The van der Waals surface area contributed by atoms with Crippen molar-refractivity contribution in [2.24, 2.45) is 4.99 Å². The Balaban J connectivity index is 1.92. The normalized spacial score (nSPS) is 16.0. The third-order valence-electron chi connectivity index (χ3n) is 5.04. The van der Waals surface area contributed by atoms with Crippen molar-refractivity contribution in [2.75, 3.05) is 58.3 Å². The molecule has 2 rings (SSSR count). The first-order valence-electron chi connectivity index (χ1n) is 9.76. The summed E-state index contributed by atoms with van der Waals surface area (Å²) in [5, 5.41) is 3.32. The molecule has 26 heavy (non-hydrogen) atoms. The highest BCUT2D eigenvalue weighted by molar-refractivity contribution is 5.79. The molecule has 1 heterocycles. The Labute approximate surface area is 157 Å². The summed E-state index contributed by atoms with van der Waals surface area (Å²) in [6, 6.07) is 5.57. The number of unbranched alkanes of at least 4 members (excludes halogenated alkanes) is 1. The van der Waals surface area contributed by atoms with E-state index in [0.29, 0.717) is 12.2 Å². The van der Waals surface area contributed by atoms with E-state index in [0.717, 1.165) is 63.6 Å². The number of likely N-dealkylation sites (N-methyl/N-ethyl adjacent to an activating group) is 1. The van der Waals surface area contributed by atoms with E-state index in [1.54, 1.807) is 13.1 Å². The Morgan fingerprint density at radius 2 is 1.96 bits per heavy atom. The lowest BCUT2D eigenvalue weighted by atomic mass is 10.1. The largest absolute Gasteiger partial charge is 0.367 e. The summed E-state index contributed by atoms with van der Waals surface area (Å²) < 4.78 is 14.6. The molecule has 0 aliphatic carbocycles. The number of guanidine groups is 1. The average molecular weight is 364 g/mol. The molecule has 1 saturated heterocycles. The Hall–Kier alpha value is -1.82. The molecule has 0 radical (unpaired) electrons. The number of benzene rings is 1. The van der Waals surface area contributed by atoms with Gasteiger partial charge in [-0.2, -0.15) is 0 Å². The van der Waals surface area contributed by atoms with E-state index in [2.05, 4.69) is 38.9 Å². The summed E-state index contributed by atoms with van der Waals surface area (Å²) in [4.78, 5) is 11.0. The van der Waals surface area contributed by atoms with Crippen LogP contribution in [0.15, 0.2) is 23.2 Å². The molecule has 0 unspecified atom stereocenters. The van der Waals surface area contributed by atoms with Crippen LogP contribution in [-0.2, 0) is 6.54 Å². The third-order valence-corrected chi connectivity index (χ3v) is 5.04. The van der Waals surface area contributed by atoms with Gasteiger partial charge >= 0.3 is 0 Å². The van der Waals surface area contributed by atoms with Crippen LogP contribution < -0.4 is 10.2 Å². The van der Waals surface area contributed by atoms with Crippen molar-refractivity contribution in [1.82, 2.24) is 15.1 Å². The molecule has 1 N–H and O–H groups in total. The Bertz CT molecular complexity index is 582. The van der Waals surface area contributed by atoms with Crippen LogP contribution in [0.2, 0.25) is 0 Å². The lowest BCUT2D eigenvalue weighted by molar-refractivity contribution is 0.270. The summed E-state index contributed by atoms with van der Waals surface area (Å²) in [5.41, 5.74) is 1.65. The van der Waals surface area contributed by atoms with Gasteiger partial charge in [-0.25, -0.2) is 4.39 Å². The van der Waals surface area contributed by atoms with Crippen molar-refractivity contribution >= 4 is 11.6 Å². The highest BCUT2D eigenvalue weighted by Gasteiger charge is 2.18. The highest BCUT2D eigenvalue weighted by atomic mass is 19.1. The summed E-state index contributed by atoms with van der Waals surface area (Å²) in [5.74, 6) is 0.710. The molecule has 0 spiro atoms. The van der Waals surface area contributed by atoms with Gasteiger partial charge in [-0.1, -0.05) is 26.3 Å². The van der Waals surface area contributed by atoms with E-state index in [4.69, 9.17) is 0 Å². The summed E-state index contributed by atoms with van der Waals surface area (Å²) in [6.07, 6.45) is 2.28. The fraction of sp³-hybridized carbons (Fsp3) is 0.650. The number of aliphatic imine (C=N–C) groups is 1. The molecule has 0 amide bonds. The van der Waals surface area contributed by atoms with Gasteiger partial charge in [0, 0.05) is 53.4 Å². The molecule has 5 nitrogen and oxygen atoms in total. The Morgan fingerprint density at radius 3 is 2.54 bits per heavy atom. The monoisotopic (exact) mass is 363 g/mol. The van der Waals surface area contributed by atoms with Gasteiger partial charge < -0.3 is 20.0 Å². The first-order chi connectivity index (χ1) is 12.6. The minimum Gasteiger partial charge on any atom is -0.367 e. The topological polar surface area (TPSA) is 34.1 Å². The molecular formula is C20H34FN5. The number of hydrogen-bond donors (Lipinski definition) is 1. The van der Waals surface area contributed by atoms with E-state index in [1.807, 2.05) is 19.2 Å². The number of piperazine rings is 1. The number of nitrogens with one attached hydrogen (secondary N) is 1. The smallest absolute Gasteiger partial charge is 0.193 e. The standard InChI is InChI=1S/C20H34FN5/c1-5-7-10-24(4)20(22-3)23-16-17-8-9-19(18(21)15-17)26-13-11-25(6-2)12-14-26/h8-9,15H,5-7,10-14,16H2,1-4H3,(H,22,23). The third kappa shape index (κ3) is 5.59. The van der Waals surface area contributed by atoms with Gasteiger partial charge in [0.1, 0.15) is 5.82 Å². The zero-order valence-corrected chi connectivity index (χ0v) is 16.8. The first kappa shape index (κ1) is 20.5. The van der Waals surface area contributed by atoms with E-state index in [9.17, 15) is 4.39 Å². The molecule has 1 fully saturated rings. The van der Waals surface area contributed by atoms with Crippen LogP contribution in [0, 0.1) is 5.82 Å². The maximum Gasteiger partial charge on any atom is 0.193 e. The minimum atomic E-state index is -0.136. The molecule has 1 aliphatic heterocycles. The molecule has 0 atom stereocenters. The first-order valence-corrected chi connectivity index (χ1v) is 9.76. The molecule has 0 saturated carbocycles. The molecule has 0 bridgehead atoms. The van der Waals surface area contributed by atoms with Crippen LogP contribution in [0.5, 0.6) is 0 Å². The fourth-order valence-electron chi connectivity index (χ4n) is 3.29. The molecule has 146 valence electrons. The van der Waals surface area contributed by atoms with E-state index in [1.165, 1.54) is 0 Å². The zero-order valence-electron chi connectivity index (χ0n) is 16.8. The van der Waals surface area contributed by atoms with Crippen LogP contribution in [-0.4, -0.2) is 69.1 Å². The minimum absolute atomic E-state index is 0.136. The molecule has 6 heteroatoms. The van der Waals surface area contributed by atoms with Crippen molar-refractivity contribution < 1.29 is 4.39 Å². The van der Waals surface area contributed by atoms with Gasteiger partial charge in [0.15, 0.2) is 5.96 Å². The molecule has 1 aromatic carbocycles. The predicted octanol–water partition coefficient (Wildman–Crippen LogP) is 2.77. The summed E-state index contributed by atoms with van der Waals surface area (Å²) in [7, 11) is 3.81. The maximum absolute atomic E-state index is 14.6. The molecular weight excluding hydrogens is 329 g/mol. The number of anilines is 1. The van der Waals surface area contributed by atoms with Gasteiger partial charge in [0.25, 0.3) is 0 Å². The lowest BCUT2D eigenvalue weighted by Gasteiger charge is -2.35. The van der Waals surface area contributed by atoms with Crippen LogP contribution in [0.25, 0.3) is 0 Å². The van der Waals surface area contributed by atoms with E-state index < -0.39 is 0 Å². The van der Waals surface area contributed by atoms with Crippen molar-refractivity contribution in [3.05, 3.63) is 29.6 Å². The molecule has 0 aromatic heterocycles. The van der Waals surface area contributed by atoms with Crippen molar-refractivity contribution in [3.8, 4) is 0 Å². The predicted molar refractivity (Wildman–Crippen MR) is 108 cm³/mol. The van der Waals surface area contributed by atoms with Crippen molar-refractivity contribution in [2.45, 2.75) is 33.2 Å². The SMILES string of the molecule is CCCCN(C)C(=NC)NCc1ccc(N2CCN(CC)CC2)c(F)c1. The van der Waals surface area contributed by atoms with Gasteiger partial charge in [-0.05, 0) is 30.7 Å².